The molecule has 0 unspecified atom stereocenters. The van der Waals surface area contributed by atoms with Gasteiger partial charge in [0.25, 0.3) is 0 Å². The van der Waals surface area contributed by atoms with E-state index in [-0.39, 0.29) is 0 Å². The lowest BCUT2D eigenvalue weighted by Crippen LogP contribution is -1.93. The van der Waals surface area contributed by atoms with Gasteiger partial charge in [0.2, 0.25) is 5.13 Å². The number of rotatable bonds is 5. The third-order valence-corrected chi connectivity index (χ3v) is 4.42. The first-order valence-corrected chi connectivity index (χ1v) is 8.50. The Morgan fingerprint density at radius 1 is 1.17 bits per heavy atom. The van der Waals surface area contributed by atoms with Crippen LogP contribution in [0.15, 0.2) is 52.9 Å². The molecule has 2 aromatic carbocycles. The van der Waals surface area contributed by atoms with Crippen molar-refractivity contribution < 1.29 is 4.74 Å². The minimum atomic E-state index is 0.761. The van der Waals surface area contributed by atoms with Crippen molar-refractivity contribution in [1.29, 1.82) is 0 Å². The Labute approximate surface area is 145 Å². The summed E-state index contributed by atoms with van der Waals surface area (Å²) in [5, 5.41) is 7.07. The van der Waals surface area contributed by atoms with Gasteiger partial charge in [0.05, 0.1) is 19.0 Å². The summed E-state index contributed by atoms with van der Waals surface area (Å²) in [7, 11) is 1.65. The molecule has 122 valence electrons. The minimum absolute atomic E-state index is 0.761. The number of thiazole rings is 1. The fraction of sp³-hybridized carbons (Fsp3) is 0.158. The molecule has 24 heavy (non-hydrogen) atoms. The van der Waals surface area contributed by atoms with Gasteiger partial charge >= 0.3 is 0 Å². The van der Waals surface area contributed by atoms with E-state index in [1.54, 1.807) is 13.3 Å². The number of hydrogen-bond donors (Lipinski definition) is 1. The normalized spacial score (nSPS) is 11.0. The van der Waals surface area contributed by atoms with Crippen LogP contribution in [0.1, 0.15) is 16.7 Å². The van der Waals surface area contributed by atoms with E-state index in [9.17, 15) is 0 Å². The molecule has 3 aromatic rings. The second-order valence-electron chi connectivity index (χ2n) is 5.47. The molecule has 0 aliphatic heterocycles. The summed E-state index contributed by atoms with van der Waals surface area (Å²) in [6.07, 6.45) is 1.73. The molecule has 1 heterocycles. The van der Waals surface area contributed by atoms with E-state index in [0.29, 0.717) is 0 Å². The van der Waals surface area contributed by atoms with E-state index in [1.165, 1.54) is 22.5 Å². The molecule has 5 heteroatoms. The van der Waals surface area contributed by atoms with Gasteiger partial charge in [-0.3, -0.25) is 5.43 Å². The first-order valence-electron chi connectivity index (χ1n) is 7.62. The van der Waals surface area contributed by atoms with Gasteiger partial charge in [-0.05, 0) is 37.6 Å². The second-order valence-corrected chi connectivity index (χ2v) is 6.33. The zero-order valence-electron chi connectivity index (χ0n) is 13.9. The zero-order chi connectivity index (χ0) is 16.9. The van der Waals surface area contributed by atoms with Crippen LogP contribution in [0.2, 0.25) is 0 Å². The third kappa shape index (κ3) is 3.63. The Hall–Kier alpha value is -2.66. The van der Waals surface area contributed by atoms with Gasteiger partial charge < -0.3 is 4.74 Å². The number of hydrazone groups is 1. The van der Waals surface area contributed by atoms with Crippen molar-refractivity contribution in [2.45, 2.75) is 13.8 Å². The summed E-state index contributed by atoms with van der Waals surface area (Å²) in [6, 6.07) is 14.1. The molecule has 0 amide bonds. The van der Waals surface area contributed by atoms with Crippen molar-refractivity contribution >= 4 is 22.7 Å². The molecule has 0 saturated carbocycles. The highest BCUT2D eigenvalue weighted by atomic mass is 32.1. The van der Waals surface area contributed by atoms with Gasteiger partial charge in [0.1, 0.15) is 5.75 Å². The zero-order valence-corrected chi connectivity index (χ0v) is 14.7. The van der Waals surface area contributed by atoms with E-state index < -0.39 is 0 Å². The Bertz CT molecular complexity index is 871. The quantitative estimate of drug-likeness (QED) is 0.533. The SMILES string of the molecule is COc1ccccc1/C=N/Nc1nc(-c2cc(C)ccc2C)cs1. The first kappa shape index (κ1) is 16.2. The highest BCUT2D eigenvalue weighted by Crippen LogP contribution is 2.28. The molecule has 1 aromatic heterocycles. The molecule has 0 saturated heterocycles. The van der Waals surface area contributed by atoms with E-state index in [2.05, 4.69) is 47.6 Å². The highest BCUT2D eigenvalue weighted by molar-refractivity contribution is 7.14. The average molecular weight is 337 g/mol. The molecule has 0 spiro atoms. The molecule has 0 atom stereocenters. The predicted molar refractivity (Wildman–Crippen MR) is 101 cm³/mol. The average Bonchev–Trinajstić information content (AvgIpc) is 3.06. The summed E-state index contributed by atoms with van der Waals surface area (Å²) in [5.41, 5.74) is 8.48. The van der Waals surface area contributed by atoms with Gasteiger partial charge in [-0.2, -0.15) is 5.10 Å². The predicted octanol–water partition coefficient (Wildman–Crippen LogP) is 4.88. The van der Waals surface area contributed by atoms with Crippen LogP contribution in [0.3, 0.4) is 0 Å². The summed E-state index contributed by atoms with van der Waals surface area (Å²) in [6.45, 7) is 4.19. The molecule has 0 aliphatic carbocycles. The van der Waals surface area contributed by atoms with Gasteiger partial charge in [-0.15, -0.1) is 11.3 Å². The Balaban J connectivity index is 1.75. The van der Waals surface area contributed by atoms with Crippen molar-refractivity contribution in [3.8, 4) is 17.0 Å². The lowest BCUT2D eigenvalue weighted by atomic mass is 10.0. The summed E-state index contributed by atoms with van der Waals surface area (Å²) >= 11 is 1.54. The molecule has 0 aliphatic rings. The standard InChI is InChI=1S/C19H19N3OS/c1-13-8-9-14(2)16(10-13)17-12-24-19(21-17)22-20-11-15-6-4-5-7-18(15)23-3/h4-12H,1-3H3,(H,21,22)/b20-11+. The van der Waals surface area contributed by atoms with Crippen LogP contribution in [-0.4, -0.2) is 18.3 Å². The number of anilines is 1. The Kier molecular flexibility index (Phi) is 4.91. The fourth-order valence-corrected chi connectivity index (χ4v) is 3.05. The number of ether oxygens (including phenoxy) is 1. The number of hydrogen-bond acceptors (Lipinski definition) is 5. The topological polar surface area (TPSA) is 46.5 Å². The molecule has 0 fully saturated rings. The van der Waals surface area contributed by atoms with Crippen LogP contribution in [0.5, 0.6) is 5.75 Å². The number of methoxy groups -OCH3 is 1. The lowest BCUT2D eigenvalue weighted by molar-refractivity contribution is 0.414. The number of nitrogens with one attached hydrogen (secondary N) is 1. The molecule has 1 N–H and O–H groups in total. The van der Waals surface area contributed by atoms with Gasteiger partial charge in [0.15, 0.2) is 0 Å². The van der Waals surface area contributed by atoms with Crippen LogP contribution < -0.4 is 10.2 Å². The van der Waals surface area contributed by atoms with E-state index >= 15 is 0 Å². The van der Waals surface area contributed by atoms with Crippen molar-refractivity contribution in [3.05, 3.63) is 64.5 Å². The van der Waals surface area contributed by atoms with E-state index in [1.807, 2.05) is 29.6 Å². The molecular weight excluding hydrogens is 318 g/mol. The van der Waals surface area contributed by atoms with Crippen molar-refractivity contribution in [3.63, 3.8) is 0 Å². The maximum absolute atomic E-state index is 5.30. The number of nitrogens with zero attached hydrogens (tertiary/aromatic N) is 2. The maximum Gasteiger partial charge on any atom is 0.203 e. The monoisotopic (exact) mass is 337 g/mol. The summed E-state index contributed by atoms with van der Waals surface area (Å²) < 4.78 is 5.30. The highest BCUT2D eigenvalue weighted by Gasteiger charge is 2.07. The van der Waals surface area contributed by atoms with Crippen LogP contribution in [0.4, 0.5) is 5.13 Å². The van der Waals surface area contributed by atoms with Crippen molar-refractivity contribution in [2.24, 2.45) is 5.10 Å². The summed E-state index contributed by atoms with van der Waals surface area (Å²) in [5.74, 6) is 0.790. The molecule has 4 nitrogen and oxygen atoms in total. The molecule has 0 radical (unpaired) electrons. The minimum Gasteiger partial charge on any atom is -0.496 e. The van der Waals surface area contributed by atoms with Gasteiger partial charge in [0, 0.05) is 16.5 Å². The van der Waals surface area contributed by atoms with E-state index in [4.69, 9.17) is 4.74 Å². The van der Waals surface area contributed by atoms with Crippen LogP contribution in [0, 0.1) is 13.8 Å². The van der Waals surface area contributed by atoms with Gasteiger partial charge in [-0.1, -0.05) is 29.8 Å². The largest absolute Gasteiger partial charge is 0.496 e. The van der Waals surface area contributed by atoms with Crippen molar-refractivity contribution in [1.82, 2.24) is 4.98 Å². The van der Waals surface area contributed by atoms with Gasteiger partial charge in [-0.25, -0.2) is 4.98 Å². The smallest absolute Gasteiger partial charge is 0.203 e. The number of aryl methyl sites for hydroxylation is 2. The Morgan fingerprint density at radius 2 is 2.00 bits per heavy atom. The number of benzene rings is 2. The number of aromatic nitrogens is 1. The first-order chi connectivity index (χ1) is 11.7. The molecule has 0 bridgehead atoms. The Morgan fingerprint density at radius 3 is 2.83 bits per heavy atom. The second kappa shape index (κ2) is 7.27. The lowest BCUT2D eigenvalue weighted by Gasteiger charge is -2.04. The van der Waals surface area contributed by atoms with Crippen LogP contribution in [-0.2, 0) is 0 Å². The maximum atomic E-state index is 5.30. The van der Waals surface area contributed by atoms with Crippen molar-refractivity contribution in [2.75, 3.05) is 12.5 Å². The molecular formula is C19H19N3OS. The van der Waals surface area contributed by atoms with Crippen LogP contribution in [0.25, 0.3) is 11.3 Å². The van der Waals surface area contributed by atoms with E-state index in [0.717, 1.165) is 27.7 Å². The fourth-order valence-electron chi connectivity index (χ4n) is 2.39. The number of para-hydroxylation sites is 1. The van der Waals surface area contributed by atoms with Crippen LogP contribution >= 0.6 is 11.3 Å². The molecule has 3 rings (SSSR count). The third-order valence-electron chi connectivity index (χ3n) is 3.68. The summed E-state index contributed by atoms with van der Waals surface area (Å²) in [4.78, 5) is 4.62.